The van der Waals surface area contributed by atoms with E-state index in [9.17, 15) is 0 Å². The molecule has 0 bridgehead atoms. The molecule has 0 aliphatic carbocycles. The molecule has 0 aliphatic heterocycles. The van der Waals surface area contributed by atoms with E-state index >= 15 is 0 Å². The van der Waals surface area contributed by atoms with E-state index in [0.717, 1.165) is 36.2 Å². The average Bonchev–Trinajstić information content (AvgIpc) is 3.05. The van der Waals surface area contributed by atoms with Crippen LogP contribution in [-0.4, -0.2) is 27.5 Å². The van der Waals surface area contributed by atoms with Gasteiger partial charge in [-0.1, -0.05) is 0 Å². The molecular weight excluding hydrogens is 303 g/mol. The number of anilines is 1. The number of benzene rings is 1. The topological polar surface area (TPSA) is 42.7 Å². The van der Waals surface area contributed by atoms with Gasteiger partial charge in [-0.25, -0.2) is 0 Å². The summed E-state index contributed by atoms with van der Waals surface area (Å²) in [6.07, 6.45) is 5.50. The Morgan fingerprint density at radius 2 is 2.21 bits per heavy atom. The number of nitrogens with zero attached hydrogens (tertiary/aromatic N) is 3. The van der Waals surface area contributed by atoms with E-state index in [4.69, 9.17) is 0 Å². The number of nitrogens with one attached hydrogen (secondary N) is 1. The van der Waals surface area contributed by atoms with Gasteiger partial charge in [0.25, 0.3) is 0 Å². The summed E-state index contributed by atoms with van der Waals surface area (Å²) in [7, 11) is 0. The van der Waals surface area contributed by atoms with Crippen LogP contribution in [-0.2, 0) is 13.1 Å². The summed E-state index contributed by atoms with van der Waals surface area (Å²) in [5, 5.41) is 3.46. The van der Waals surface area contributed by atoms with Crippen molar-refractivity contribution in [3.8, 4) is 0 Å². The molecule has 0 unspecified atom stereocenters. The van der Waals surface area contributed by atoms with Crippen LogP contribution in [0.4, 0.5) is 5.69 Å². The number of aryl methyl sites for hydroxylation is 1. The van der Waals surface area contributed by atoms with Crippen molar-refractivity contribution >= 4 is 31.7 Å². The third kappa shape index (κ3) is 2.72. The summed E-state index contributed by atoms with van der Waals surface area (Å²) < 4.78 is 11.1. The summed E-state index contributed by atoms with van der Waals surface area (Å²) >= 11 is 0.0323. The van der Waals surface area contributed by atoms with E-state index in [1.807, 2.05) is 12.1 Å². The number of rotatable bonds is 5. The van der Waals surface area contributed by atoms with Gasteiger partial charge in [-0.3, -0.25) is 0 Å². The van der Waals surface area contributed by atoms with Crippen LogP contribution >= 0.6 is 0 Å². The molecule has 5 heteroatoms. The summed E-state index contributed by atoms with van der Waals surface area (Å²) in [5.74, 6) is 0. The van der Waals surface area contributed by atoms with Gasteiger partial charge in [0.2, 0.25) is 0 Å². The van der Waals surface area contributed by atoms with Crippen molar-refractivity contribution in [1.82, 2.24) is 12.5 Å². The van der Waals surface area contributed by atoms with Crippen molar-refractivity contribution in [2.24, 2.45) is 0 Å². The fraction of sp³-hybridized carbons (Fsp3) is 0.286. The first kappa shape index (κ1) is 12.5. The Bertz CT molecular complexity index is 671. The number of aromatic nitrogens is 3. The zero-order valence-corrected chi connectivity index (χ0v) is 12.5. The molecule has 3 rings (SSSR count). The quantitative estimate of drug-likeness (QED) is 0.735. The van der Waals surface area contributed by atoms with E-state index in [1.165, 1.54) is 5.56 Å². The number of hydrogen-bond acceptors (Lipinski definition) is 3. The fourth-order valence-corrected chi connectivity index (χ4v) is 3.29. The van der Waals surface area contributed by atoms with Gasteiger partial charge >= 0.3 is 118 Å². The molecule has 0 saturated heterocycles. The molecule has 4 nitrogen and oxygen atoms in total. The van der Waals surface area contributed by atoms with Gasteiger partial charge in [0.15, 0.2) is 0 Å². The molecule has 0 fully saturated rings. The van der Waals surface area contributed by atoms with Crippen LogP contribution in [0.25, 0.3) is 11.0 Å². The van der Waals surface area contributed by atoms with Crippen molar-refractivity contribution in [3.05, 3.63) is 42.2 Å². The second-order valence-electron chi connectivity index (χ2n) is 4.55. The third-order valence-electron chi connectivity index (χ3n) is 3.06. The molecule has 0 saturated carbocycles. The van der Waals surface area contributed by atoms with Crippen molar-refractivity contribution < 1.29 is 0 Å². The monoisotopic (exact) mass is 320 g/mol. The van der Waals surface area contributed by atoms with Gasteiger partial charge in [-0.15, -0.1) is 0 Å². The Kier molecular flexibility index (Phi) is 3.67. The van der Waals surface area contributed by atoms with E-state index < -0.39 is 0 Å². The molecule has 1 aromatic carbocycles. The van der Waals surface area contributed by atoms with Crippen LogP contribution < -0.4 is 5.32 Å². The van der Waals surface area contributed by atoms with Gasteiger partial charge in [0.05, 0.1) is 0 Å². The minimum absolute atomic E-state index is 0.0323. The van der Waals surface area contributed by atoms with Crippen molar-refractivity contribution in [3.63, 3.8) is 0 Å². The van der Waals surface area contributed by atoms with Gasteiger partial charge in [-0.05, 0) is 0 Å². The molecule has 0 radical (unpaired) electrons. The SMILES string of the molecule is CCCn1ccc(CNc2cccc3n[se]nc23)c1. The second kappa shape index (κ2) is 5.59. The Hall–Kier alpha value is -1.58. The minimum atomic E-state index is 0.0323. The standard InChI is InChI=1S/C14H16N4Se/c1-2-7-18-8-6-11(10-18)9-15-12-4-3-5-13-14(12)17-19-16-13/h3-6,8,10,15H,2,7,9H2,1H3. The normalized spacial score (nSPS) is 11.0. The van der Waals surface area contributed by atoms with Crippen molar-refractivity contribution in [2.75, 3.05) is 5.32 Å². The molecule has 98 valence electrons. The third-order valence-corrected chi connectivity index (χ3v) is 4.20. The van der Waals surface area contributed by atoms with E-state index in [1.54, 1.807) is 0 Å². The van der Waals surface area contributed by atoms with Gasteiger partial charge in [0, 0.05) is 0 Å². The summed E-state index contributed by atoms with van der Waals surface area (Å²) in [4.78, 5) is 0. The molecule has 0 atom stereocenters. The van der Waals surface area contributed by atoms with Gasteiger partial charge < -0.3 is 0 Å². The molecule has 2 aromatic heterocycles. The van der Waals surface area contributed by atoms with Crippen LogP contribution in [0.1, 0.15) is 18.9 Å². The number of fused-ring (bicyclic) bond motifs is 1. The second-order valence-corrected chi connectivity index (χ2v) is 5.66. The predicted molar refractivity (Wildman–Crippen MR) is 78.5 cm³/mol. The molecule has 3 aromatic rings. The van der Waals surface area contributed by atoms with Gasteiger partial charge in [-0.2, -0.15) is 0 Å². The van der Waals surface area contributed by atoms with E-state index in [-0.39, 0.29) is 15.0 Å². The van der Waals surface area contributed by atoms with E-state index in [0.29, 0.717) is 0 Å². The molecule has 1 N–H and O–H groups in total. The van der Waals surface area contributed by atoms with Crippen LogP contribution in [0, 0.1) is 0 Å². The van der Waals surface area contributed by atoms with Crippen molar-refractivity contribution in [1.29, 1.82) is 0 Å². The predicted octanol–water partition coefficient (Wildman–Crippen LogP) is 2.51. The molecular formula is C14H16N4Se. The summed E-state index contributed by atoms with van der Waals surface area (Å²) in [6, 6.07) is 8.29. The Balaban J connectivity index is 1.73. The van der Waals surface area contributed by atoms with Crippen LogP contribution in [0.5, 0.6) is 0 Å². The van der Waals surface area contributed by atoms with E-state index in [2.05, 4.69) is 49.3 Å². The Morgan fingerprint density at radius 3 is 3.11 bits per heavy atom. The van der Waals surface area contributed by atoms with Crippen LogP contribution in [0.3, 0.4) is 0 Å². The maximum absolute atomic E-state index is 4.47. The molecule has 19 heavy (non-hydrogen) atoms. The zero-order valence-electron chi connectivity index (χ0n) is 10.8. The Morgan fingerprint density at radius 1 is 1.26 bits per heavy atom. The first-order valence-electron chi connectivity index (χ1n) is 6.46. The van der Waals surface area contributed by atoms with Crippen LogP contribution in [0.15, 0.2) is 36.7 Å². The van der Waals surface area contributed by atoms with Crippen LogP contribution in [0.2, 0.25) is 0 Å². The first-order chi connectivity index (χ1) is 9.36. The summed E-state index contributed by atoms with van der Waals surface area (Å²) in [6.45, 7) is 4.10. The first-order valence-corrected chi connectivity index (χ1v) is 8.00. The Labute approximate surface area is 118 Å². The molecule has 0 amide bonds. The maximum atomic E-state index is 4.47. The average molecular weight is 319 g/mol. The zero-order chi connectivity index (χ0) is 13.1. The van der Waals surface area contributed by atoms with Gasteiger partial charge in [0.1, 0.15) is 0 Å². The molecule has 2 heterocycles. The van der Waals surface area contributed by atoms with Crippen molar-refractivity contribution in [2.45, 2.75) is 26.4 Å². The molecule has 0 aliphatic rings. The fourth-order valence-electron chi connectivity index (χ4n) is 2.14. The number of hydrogen-bond donors (Lipinski definition) is 1. The summed E-state index contributed by atoms with van der Waals surface area (Å²) in [5.41, 5.74) is 4.43. The molecule has 0 spiro atoms.